The SMILES string of the molecule is Cc1nc2ccccc2c(C)c1C(=O)P(=O)(c1ccccc1)c1ccccc1. The lowest BCUT2D eigenvalue weighted by atomic mass is 10.0. The van der Waals surface area contributed by atoms with Crippen molar-refractivity contribution in [2.75, 3.05) is 0 Å². The maximum absolute atomic E-state index is 14.4. The van der Waals surface area contributed by atoms with Crippen molar-refractivity contribution in [1.29, 1.82) is 0 Å². The molecule has 0 spiro atoms. The van der Waals surface area contributed by atoms with Gasteiger partial charge < -0.3 is 4.57 Å². The second kappa shape index (κ2) is 7.18. The first-order chi connectivity index (χ1) is 13.5. The van der Waals surface area contributed by atoms with Gasteiger partial charge >= 0.3 is 0 Å². The molecule has 0 aliphatic rings. The third kappa shape index (κ3) is 2.89. The zero-order valence-electron chi connectivity index (χ0n) is 15.8. The van der Waals surface area contributed by atoms with E-state index < -0.39 is 7.14 Å². The Hall–Kier alpha value is -3.03. The Labute approximate surface area is 164 Å². The van der Waals surface area contributed by atoms with Crippen molar-refractivity contribution in [1.82, 2.24) is 4.98 Å². The predicted molar refractivity (Wildman–Crippen MR) is 115 cm³/mol. The molecule has 0 amide bonds. The fourth-order valence-corrected chi connectivity index (χ4v) is 6.26. The van der Waals surface area contributed by atoms with Gasteiger partial charge in [-0.15, -0.1) is 0 Å². The van der Waals surface area contributed by atoms with Gasteiger partial charge in [0, 0.05) is 21.7 Å². The van der Waals surface area contributed by atoms with Gasteiger partial charge in [-0.2, -0.15) is 0 Å². The van der Waals surface area contributed by atoms with E-state index in [2.05, 4.69) is 4.98 Å². The lowest BCUT2D eigenvalue weighted by Gasteiger charge is -2.20. The highest BCUT2D eigenvalue weighted by atomic mass is 31.2. The second-order valence-electron chi connectivity index (χ2n) is 6.80. The Bertz CT molecular complexity index is 1170. The Morgan fingerprint density at radius 3 is 1.82 bits per heavy atom. The molecule has 4 heteroatoms. The van der Waals surface area contributed by atoms with Gasteiger partial charge in [0.05, 0.1) is 11.1 Å². The van der Waals surface area contributed by atoms with Crippen LogP contribution in [0.4, 0.5) is 0 Å². The molecule has 0 aliphatic heterocycles. The maximum atomic E-state index is 14.4. The van der Waals surface area contributed by atoms with Crippen LogP contribution in [0.5, 0.6) is 0 Å². The summed E-state index contributed by atoms with van der Waals surface area (Å²) in [6, 6.07) is 25.8. The van der Waals surface area contributed by atoms with Crippen molar-refractivity contribution in [2.24, 2.45) is 0 Å². The standard InChI is InChI=1S/C24H20NO2P/c1-17-21-15-9-10-16-22(21)25-18(2)23(17)24(26)28(27,19-11-5-3-6-12-19)20-13-7-4-8-14-20/h3-16H,1-2H3. The summed E-state index contributed by atoms with van der Waals surface area (Å²) in [6.45, 7) is 3.72. The number of hydrogen-bond donors (Lipinski definition) is 0. The molecular formula is C24H20NO2P. The Kier molecular flexibility index (Phi) is 4.70. The van der Waals surface area contributed by atoms with E-state index >= 15 is 0 Å². The molecule has 1 aromatic heterocycles. The van der Waals surface area contributed by atoms with Crippen LogP contribution in [0.25, 0.3) is 10.9 Å². The summed E-state index contributed by atoms with van der Waals surface area (Å²) in [4.78, 5) is 18.5. The Morgan fingerprint density at radius 2 is 1.25 bits per heavy atom. The third-order valence-electron chi connectivity index (χ3n) is 5.07. The first kappa shape index (κ1) is 18.3. The predicted octanol–water partition coefficient (Wildman–Crippen LogP) is 5.01. The molecule has 4 aromatic rings. The van der Waals surface area contributed by atoms with Crippen LogP contribution < -0.4 is 10.6 Å². The number of rotatable bonds is 4. The number of pyridine rings is 1. The molecule has 28 heavy (non-hydrogen) atoms. The second-order valence-corrected chi connectivity index (χ2v) is 9.46. The number of aromatic nitrogens is 1. The third-order valence-corrected chi connectivity index (χ3v) is 7.92. The molecule has 4 rings (SSSR count). The van der Waals surface area contributed by atoms with Gasteiger partial charge in [-0.1, -0.05) is 78.9 Å². The molecule has 0 atom stereocenters. The number of aryl methyl sites for hydroxylation is 2. The minimum absolute atomic E-state index is 0.363. The van der Waals surface area contributed by atoms with E-state index in [4.69, 9.17) is 0 Å². The lowest BCUT2D eigenvalue weighted by molar-refractivity contribution is 0.107. The highest BCUT2D eigenvalue weighted by Crippen LogP contribution is 2.48. The summed E-state index contributed by atoms with van der Waals surface area (Å²) >= 11 is 0. The number of fused-ring (bicyclic) bond motifs is 1. The number of para-hydroxylation sites is 1. The molecule has 0 saturated heterocycles. The monoisotopic (exact) mass is 385 g/mol. The summed E-state index contributed by atoms with van der Waals surface area (Å²) in [6.07, 6.45) is 0. The van der Waals surface area contributed by atoms with E-state index in [1.165, 1.54) is 0 Å². The first-order valence-corrected chi connectivity index (χ1v) is 10.9. The molecule has 138 valence electrons. The molecule has 0 fully saturated rings. The fraction of sp³-hybridized carbons (Fsp3) is 0.0833. The summed E-state index contributed by atoms with van der Waals surface area (Å²) < 4.78 is 14.4. The average molecular weight is 385 g/mol. The van der Waals surface area contributed by atoms with Gasteiger partial charge in [-0.3, -0.25) is 9.78 Å². The minimum Gasteiger partial charge on any atom is -0.305 e. The lowest BCUT2D eigenvalue weighted by Crippen LogP contribution is -2.24. The summed E-state index contributed by atoms with van der Waals surface area (Å²) in [5.74, 6) is 0. The van der Waals surface area contributed by atoms with Crippen molar-refractivity contribution in [3.63, 3.8) is 0 Å². The van der Waals surface area contributed by atoms with Crippen molar-refractivity contribution >= 4 is 34.2 Å². The number of carbonyl (C=O) groups excluding carboxylic acids is 1. The van der Waals surface area contributed by atoms with Gasteiger partial charge in [-0.25, -0.2) is 0 Å². The fourth-order valence-electron chi connectivity index (χ4n) is 3.66. The van der Waals surface area contributed by atoms with Gasteiger partial charge in [0.15, 0.2) is 0 Å². The van der Waals surface area contributed by atoms with E-state index in [0.717, 1.165) is 16.5 Å². The van der Waals surface area contributed by atoms with E-state index in [9.17, 15) is 9.36 Å². The Balaban J connectivity index is 2.01. The number of hydrogen-bond acceptors (Lipinski definition) is 3. The normalized spacial score (nSPS) is 11.5. The van der Waals surface area contributed by atoms with E-state index in [1.807, 2.05) is 74.5 Å². The molecule has 0 radical (unpaired) electrons. The van der Waals surface area contributed by atoms with Gasteiger partial charge in [0.1, 0.15) is 0 Å². The molecule has 0 saturated carbocycles. The van der Waals surface area contributed by atoms with Crippen LogP contribution in [0.3, 0.4) is 0 Å². The molecule has 0 aliphatic carbocycles. The number of benzene rings is 3. The van der Waals surface area contributed by atoms with Crippen LogP contribution in [-0.4, -0.2) is 10.5 Å². The Morgan fingerprint density at radius 1 is 0.750 bits per heavy atom. The van der Waals surface area contributed by atoms with Crippen molar-refractivity contribution in [3.8, 4) is 0 Å². The number of carbonyl (C=O) groups is 1. The summed E-state index contributed by atoms with van der Waals surface area (Å²) in [7, 11) is -3.55. The smallest absolute Gasteiger partial charge is 0.232 e. The highest BCUT2D eigenvalue weighted by Gasteiger charge is 2.38. The van der Waals surface area contributed by atoms with E-state index in [1.54, 1.807) is 24.3 Å². The highest BCUT2D eigenvalue weighted by molar-refractivity contribution is 7.93. The molecule has 3 aromatic carbocycles. The van der Waals surface area contributed by atoms with Crippen LogP contribution in [0.2, 0.25) is 0 Å². The first-order valence-electron chi connectivity index (χ1n) is 9.15. The summed E-state index contributed by atoms with van der Waals surface area (Å²) in [5.41, 5.74) is 2.35. The van der Waals surface area contributed by atoms with Crippen molar-refractivity contribution in [2.45, 2.75) is 13.8 Å². The minimum atomic E-state index is -3.55. The van der Waals surface area contributed by atoms with Crippen LogP contribution in [0.1, 0.15) is 21.6 Å². The largest absolute Gasteiger partial charge is 0.305 e. The number of nitrogens with zero attached hydrogens (tertiary/aromatic N) is 1. The molecule has 3 nitrogen and oxygen atoms in total. The molecule has 0 N–H and O–H groups in total. The van der Waals surface area contributed by atoms with Crippen LogP contribution in [0, 0.1) is 13.8 Å². The molecular weight excluding hydrogens is 365 g/mol. The topological polar surface area (TPSA) is 47.0 Å². The zero-order valence-corrected chi connectivity index (χ0v) is 16.7. The van der Waals surface area contributed by atoms with Gasteiger partial charge in [0.2, 0.25) is 12.7 Å². The van der Waals surface area contributed by atoms with E-state index in [-0.39, 0.29) is 5.52 Å². The molecule has 0 bridgehead atoms. The summed E-state index contributed by atoms with van der Waals surface area (Å²) in [5, 5.41) is 1.99. The van der Waals surface area contributed by atoms with Gasteiger partial charge in [-0.05, 0) is 25.5 Å². The van der Waals surface area contributed by atoms with Crippen molar-refractivity contribution < 1.29 is 9.36 Å². The van der Waals surface area contributed by atoms with Gasteiger partial charge in [0.25, 0.3) is 0 Å². The van der Waals surface area contributed by atoms with Crippen LogP contribution >= 0.6 is 7.14 Å². The quantitative estimate of drug-likeness (QED) is 0.464. The van der Waals surface area contributed by atoms with Crippen LogP contribution in [0.15, 0.2) is 84.9 Å². The van der Waals surface area contributed by atoms with E-state index in [0.29, 0.717) is 21.9 Å². The maximum Gasteiger partial charge on any atom is 0.232 e. The van der Waals surface area contributed by atoms with Crippen molar-refractivity contribution in [3.05, 3.63) is 102 Å². The molecule has 0 unspecified atom stereocenters. The zero-order chi connectivity index (χ0) is 19.7. The molecule has 1 heterocycles. The average Bonchev–Trinajstić information content (AvgIpc) is 2.74. The van der Waals surface area contributed by atoms with Crippen LogP contribution in [-0.2, 0) is 4.57 Å².